The van der Waals surface area contributed by atoms with Crippen LogP contribution >= 0.6 is 0 Å². The van der Waals surface area contributed by atoms with Gasteiger partial charge >= 0.3 is 0 Å². The fourth-order valence-electron chi connectivity index (χ4n) is 6.58. The predicted octanol–water partition coefficient (Wildman–Crippen LogP) is 16.7. The number of benzene rings is 7. The number of hydrogen-bond donors (Lipinski definition) is 0. The van der Waals surface area contributed by atoms with Gasteiger partial charge in [-0.15, -0.1) is 0 Å². The quantitative estimate of drug-likeness (QED) is 0.173. The van der Waals surface area contributed by atoms with Crippen LogP contribution in [0.3, 0.4) is 0 Å². The maximum absolute atomic E-state index is 5.62. The van der Waals surface area contributed by atoms with Gasteiger partial charge in [0, 0.05) is 0 Å². The molecule has 0 atom stereocenters. The van der Waals surface area contributed by atoms with Gasteiger partial charge < -0.3 is 4.74 Å². The molecule has 0 spiro atoms. The highest BCUT2D eigenvalue weighted by Crippen LogP contribution is 2.31. The van der Waals surface area contributed by atoms with E-state index in [4.69, 9.17) is 4.74 Å². The summed E-state index contributed by atoms with van der Waals surface area (Å²) in [6.07, 6.45) is 0. The van der Waals surface area contributed by atoms with Crippen LogP contribution in [0, 0.1) is 6.92 Å². The molecule has 0 aliphatic carbocycles. The van der Waals surface area contributed by atoms with Gasteiger partial charge in [0.2, 0.25) is 0 Å². The molecule has 0 amide bonds. The first-order valence-corrected chi connectivity index (χ1v) is 21.2. The van der Waals surface area contributed by atoms with Crippen LogP contribution in [0.2, 0.25) is 0 Å². The minimum Gasteiger partial charge on any atom is -0.371 e. The lowest BCUT2D eigenvalue weighted by molar-refractivity contribution is -0.0149. The van der Waals surface area contributed by atoms with E-state index in [2.05, 4.69) is 236 Å². The van der Waals surface area contributed by atoms with Gasteiger partial charge in [0.1, 0.15) is 0 Å². The third-order valence-electron chi connectivity index (χ3n) is 10.2. The van der Waals surface area contributed by atoms with E-state index in [1.54, 1.807) is 0 Å². The van der Waals surface area contributed by atoms with E-state index in [1.165, 1.54) is 60.8 Å². The highest BCUT2D eigenvalue weighted by molar-refractivity contribution is 5.89. The molecule has 0 aliphatic heterocycles. The molecule has 0 unspecified atom stereocenters. The van der Waals surface area contributed by atoms with E-state index < -0.39 is 0 Å². The summed E-state index contributed by atoms with van der Waals surface area (Å²) in [6, 6.07) is 62.1. The molecule has 0 radical (unpaired) electrons. The Bertz CT molecular complexity index is 2160. The van der Waals surface area contributed by atoms with Crippen LogP contribution in [0.15, 0.2) is 176 Å². The van der Waals surface area contributed by atoms with Crippen LogP contribution in [0.4, 0.5) is 0 Å². The van der Waals surface area contributed by atoms with Gasteiger partial charge in [0.05, 0.1) is 12.2 Å². The molecule has 7 rings (SSSR count). The number of hydrogen-bond acceptors (Lipinski definition) is 1. The van der Waals surface area contributed by atoms with Crippen molar-refractivity contribution in [2.45, 2.75) is 118 Å². The van der Waals surface area contributed by atoms with Gasteiger partial charge in [0.25, 0.3) is 0 Å². The second-order valence-corrected chi connectivity index (χ2v) is 19.5. The Kier molecular flexibility index (Phi) is 16.2. The van der Waals surface area contributed by atoms with Crippen LogP contribution in [-0.4, -0.2) is 5.60 Å². The molecule has 308 valence electrons. The van der Waals surface area contributed by atoms with Crippen molar-refractivity contribution in [1.82, 2.24) is 0 Å². The molecule has 7 aromatic rings. The van der Waals surface area contributed by atoms with Crippen molar-refractivity contribution in [2.24, 2.45) is 0 Å². The highest BCUT2D eigenvalue weighted by atomic mass is 16.5. The SMILES string of the molecule is CC(C)(C)OCc1ccccc1.CC(C)(C)c1ccc(-c2ccccc2)cc1.CC(C)(C)c1ccc(-c2ccccc2)cc1.Cc1cccc2c(C(C)(C)C)cccc12. The summed E-state index contributed by atoms with van der Waals surface area (Å²) in [4.78, 5) is 0. The maximum Gasteiger partial charge on any atom is 0.0724 e. The highest BCUT2D eigenvalue weighted by Gasteiger charge is 2.17. The zero-order chi connectivity index (χ0) is 43.3. The van der Waals surface area contributed by atoms with Gasteiger partial charge in [0.15, 0.2) is 0 Å². The van der Waals surface area contributed by atoms with E-state index in [1.807, 2.05) is 30.3 Å². The average Bonchev–Trinajstić information content (AvgIpc) is 3.21. The number of rotatable bonds is 4. The Labute approximate surface area is 358 Å². The summed E-state index contributed by atoms with van der Waals surface area (Å²) in [5.41, 5.74) is 12.6. The zero-order valence-electron chi connectivity index (χ0n) is 38.4. The minimum absolute atomic E-state index is 0.0458. The lowest BCUT2D eigenvalue weighted by atomic mass is 9.83. The Balaban J connectivity index is 0.000000175. The first-order chi connectivity index (χ1) is 27.7. The Hall–Kier alpha value is -5.24. The fourth-order valence-corrected chi connectivity index (χ4v) is 6.58. The first kappa shape index (κ1) is 46.4. The third-order valence-corrected chi connectivity index (χ3v) is 10.2. The Morgan fingerprint density at radius 1 is 0.339 bits per heavy atom. The van der Waals surface area contributed by atoms with Crippen molar-refractivity contribution in [3.8, 4) is 22.3 Å². The molecule has 0 aromatic heterocycles. The first-order valence-electron chi connectivity index (χ1n) is 21.2. The van der Waals surface area contributed by atoms with Crippen molar-refractivity contribution in [1.29, 1.82) is 0 Å². The largest absolute Gasteiger partial charge is 0.371 e. The molecule has 1 nitrogen and oxygen atoms in total. The van der Waals surface area contributed by atoms with E-state index in [-0.39, 0.29) is 21.8 Å². The standard InChI is InChI=1S/2C16H18.C15H18.C11H16O/c2*1-16(2,3)15-11-9-14(10-12-15)13-7-5-4-6-8-13;1-11-7-5-9-13-12(11)8-6-10-14(13)15(2,3)4;1-11(2,3)12-9-10-7-5-4-6-8-10/h2*4-12H,1-3H3;5-10H,1-4H3;4-8H,9H2,1-3H3. The van der Waals surface area contributed by atoms with E-state index >= 15 is 0 Å². The van der Waals surface area contributed by atoms with Gasteiger partial charge in [-0.2, -0.15) is 0 Å². The van der Waals surface area contributed by atoms with Crippen LogP contribution in [0.25, 0.3) is 33.0 Å². The molecule has 0 saturated heterocycles. The van der Waals surface area contributed by atoms with Crippen LogP contribution in [0.5, 0.6) is 0 Å². The Morgan fingerprint density at radius 2 is 0.712 bits per heavy atom. The Morgan fingerprint density at radius 3 is 1.10 bits per heavy atom. The summed E-state index contributed by atoms with van der Waals surface area (Å²) in [5.74, 6) is 0. The second-order valence-electron chi connectivity index (χ2n) is 19.5. The topological polar surface area (TPSA) is 9.23 Å². The fraction of sp³-hybridized carbons (Fsp3) is 0.310. The van der Waals surface area contributed by atoms with E-state index in [9.17, 15) is 0 Å². The molecular formula is C58H70O. The smallest absolute Gasteiger partial charge is 0.0724 e. The molecule has 1 heteroatoms. The summed E-state index contributed by atoms with van der Waals surface area (Å²) >= 11 is 0. The molecule has 0 saturated carbocycles. The lowest BCUT2D eigenvalue weighted by Crippen LogP contribution is -2.18. The van der Waals surface area contributed by atoms with Crippen molar-refractivity contribution >= 4 is 10.8 Å². The van der Waals surface area contributed by atoms with Crippen molar-refractivity contribution in [3.05, 3.63) is 204 Å². The maximum atomic E-state index is 5.62. The van der Waals surface area contributed by atoms with Gasteiger partial charge in [-0.25, -0.2) is 0 Å². The average molecular weight is 783 g/mol. The summed E-state index contributed by atoms with van der Waals surface area (Å²) in [6.45, 7) is 29.3. The zero-order valence-corrected chi connectivity index (χ0v) is 38.4. The van der Waals surface area contributed by atoms with Gasteiger partial charge in [-0.05, 0) is 105 Å². The molecule has 0 heterocycles. The summed E-state index contributed by atoms with van der Waals surface area (Å²) in [5, 5.41) is 2.77. The normalized spacial score (nSPS) is 11.6. The second kappa shape index (κ2) is 20.6. The summed E-state index contributed by atoms with van der Waals surface area (Å²) in [7, 11) is 0. The molecule has 59 heavy (non-hydrogen) atoms. The van der Waals surface area contributed by atoms with Crippen LogP contribution < -0.4 is 0 Å². The number of fused-ring (bicyclic) bond motifs is 1. The minimum atomic E-state index is -0.0458. The molecular weight excluding hydrogens is 713 g/mol. The molecule has 0 fully saturated rings. The van der Waals surface area contributed by atoms with Crippen LogP contribution in [0.1, 0.15) is 111 Å². The molecule has 0 N–H and O–H groups in total. The predicted molar refractivity (Wildman–Crippen MR) is 260 cm³/mol. The van der Waals surface area contributed by atoms with Crippen molar-refractivity contribution in [3.63, 3.8) is 0 Å². The van der Waals surface area contributed by atoms with Crippen molar-refractivity contribution < 1.29 is 4.74 Å². The van der Waals surface area contributed by atoms with E-state index in [0.29, 0.717) is 6.61 Å². The van der Waals surface area contributed by atoms with E-state index in [0.717, 1.165) is 0 Å². The number of aryl methyl sites for hydroxylation is 1. The van der Waals surface area contributed by atoms with Gasteiger partial charge in [-0.3, -0.25) is 0 Å². The van der Waals surface area contributed by atoms with Gasteiger partial charge in [-0.1, -0.05) is 238 Å². The molecule has 0 aliphatic rings. The number of ether oxygens (including phenoxy) is 1. The lowest BCUT2D eigenvalue weighted by Gasteiger charge is -2.21. The molecule has 0 bridgehead atoms. The monoisotopic (exact) mass is 783 g/mol. The van der Waals surface area contributed by atoms with Crippen LogP contribution in [-0.2, 0) is 27.6 Å². The third kappa shape index (κ3) is 15.1. The van der Waals surface area contributed by atoms with Crippen molar-refractivity contribution in [2.75, 3.05) is 0 Å². The molecule has 7 aromatic carbocycles. The summed E-state index contributed by atoms with van der Waals surface area (Å²) < 4.78 is 5.62.